The average molecular weight is 436 g/mol. The molecule has 1 aromatic carbocycles. The summed E-state index contributed by atoms with van der Waals surface area (Å²) < 4.78 is 1.04. The number of unbranched alkanes of at least 4 members (excludes halogenated alkanes) is 1. The number of halogens is 1. The van der Waals surface area contributed by atoms with Crippen molar-refractivity contribution in [3.63, 3.8) is 0 Å². The van der Waals surface area contributed by atoms with Gasteiger partial charge in [0.15, 0.2) is 0 Å². The third-order valence-corrected chi connectivity index (χ3v) is 6.29. The number of urea groups is 1. The van der Waals surface area contributed by atoms with Crippen molar-refractivity contribution in [1.82, 2.24) is 20.0 Å². The lowest BCUT2D eigenvalue weighted by Gasteiger charge is -2.43. The third kappa shape index (κ3) is 3.13. The number of likely N-dealkylation sites (N-methyl/N-ethyl adjacent to an activating group) is 1. The number of carbonyl (C=O) groups is 2. The Morgan fingerprint density at radius 2 is 1.93 bits per heavy atom. The number of nitrogens with one attached hydrogen (secondary N) is 1. The van der Waals surface area contributed by atoms with E-state index in [0.29, 0.717) is 6.54 Å². The van der Waals surface area contributed by atoms with Crippen molar-refractivity contribution in [1.29, 1.82) is 0 Å². The fourth-order valence-electron chi connectivity index (χ4n) is 4.34. The fourth-order valence-corrected chi connectivity index (χ4v) is 4.60. The van der Waals surface area contributed by atoms with Crippen LogP contribution in [-0.4, -0.2) is 71.8 Å². The van der Waals surface area contributed by atoms with Crippen molar-refractivity contribution in [2.75, 3.05) is 31.6 Å². The first-order valence-corrected chi connectivity index (χ1v) is 10.4. The molecule has 0 spiro atoms. The van der Waals surface area contributed by atoms with Crippen LogP contribution in [-0.2, 0) is 4.79 Å². The molecule has 7 nitrogen and oxygen atoms in total. The van der Waals surface area contributed by atoms with Crippen LogP contribution in [0.3, 0.4) is 0 Å². The molecule has 3 atom stereocenters. The Hall–Kier alpha value is -1.64. The number of anilines is 1. The maximum Gasteiger partial charge on any atom is 0.327 e. The number of carbonyl (C=O) groups excluding carboxylic acids is 2. The lowest BCUT2D eigenvalue weighted by atomic mass is 10.1. The van der Waals surface area contributed by atoms with Gasteiger partial charge in [0.25, 0.3) is 5.91 Å². The first-order chi connectivity index (χ1) is 13.0. The molecule has 3 aliphatic heterocycles. The first kappa shape index (κ1) is 18.7. The summed E-state index contributed by atoms with van der Waals surface area (Å²) >= 11 is 3.49. The quantitative estimate of drug-likeness (QED) is 0.785. The standard InChI is InChI=1S/C19H26BrN5O2/c1-3-4-10-25-17(26)15-16(22(2)19(25)27)21-18-23(11-5-12-24(15)18)14-8-6-13(20)7-9-14/h6-9,15-16,18,21H,3-5,10-12H2,1-2H3. The van der Waals surface area contributed by atoms with Crippen LogP contribution in [0.1, 0.15) is 26.2 Å². The number of nitrogens with zero attached hydrogens (tertiary/aromatic N) is 4. The zero-order valence-corrected chi connectivity index (χ0v) is 17.4. The summed E-state index contributed by atoms with van der Waals surface area (Å²) in [5, 5.41) is 3.54. The second-order valence-electron chi connectivity index (χ2n) is 7.43. The summed E-state index contributed by atoms with van der Waals surface area (Å²) in [5.74, 6) is -0.0655. The molecule has 3 unspecified atom stereocenters. The molecule has 27 heavy (non-hydrogen) atoms. The Balaban J connectivity index is 1.62. The van der Waals surface area contributed by atoms with Gasteiger partial charge < -0.3 is 9.80 Å². The monoisotopic (exact) mass is 435 g/mol. The molecule has 4 rings (SSSR count). The second-order valence-corrected chi connectivity index (χ2v) is 8.34. The number of hydrogen-bond acceptors (Lipinski definition) is 5. The number of rotatable bonds is 4. The maximum atomic E-state index is 13.2. The minimum Gasteiger partial charge on any atom is -0.343 e. The minimum absolute atomic E-state index is 0.0655. The van der Waals surface area contributed by atoms with Crippen molar-refractivity contribution >= 4 is 33.6 Å². The van der Waals surface area contributed by atoms with E-state index in [1.54, 1.807) is 11.9 Å². The van der Waals surface area contributed by atoms with Gasteiger partial charge in [-0.2, -0.15) is 0 Å². The Bertz CT molecular complexity index is 727. The minimum atomic E-state index is -0.326. The highest BCUT2D eigenvalue weighted by Gasteiger charge is 2.55. The van der Waals surface area contributed by atoms with Crippen molar-refractivity contribution in [3.8, 4) is 0 Å². The summed E-state index contributed by atoms with van der Waals surface area (Å²) in [6.45, 7) is 4.33. The smallest absolute Gasteiger partial charge is 0.327 e. The van der Waals surface area contributed by atoms with E-state index in [2.05, 4.69) is 50.1 Å². The molecule has 146 valence electrons. The van der Waals surface area contributed by atoms with E-state index >= 15 is 0 Å². The lowest BCUT2D eigenvalue weighted by molar-refractivity contribution is -0.138. The lowest BCUT2D eigenvalue weighted by Crippen LogP contribution is -2.66. The maximum absolute atomic E-state index is 13.2. The zero-order valence-electron chi connectivity index (χ0n) is 15.8. The van der Waals surface area contributed by atoms with Crippen LogP contribution >= 0.6 is 15.9 Å². The van der Waals surface area contributed by atoms with Gasteiger partial charge >= 0.3 is 6.03 Å². The van der Waals surface area contributed by atoms with E-state index in [-0.39, 0.29) is 30.4 Å². The molecule has 1 aromatic rings. The van der Waals surface area contributed by atoms with Crippen LogP contribution in [0.15, 0.2) is 28.7 Å². The van der Waals surface area contributed by atoms with Gasteiger partial charge in [0.05, 0.1) is 0 Å². The largest absolute Gasteiger partial charge is 0.343 e. The van der Waals surface area contributed by atoms with Crippen molar-refractivity contribution < 1.29 is 9.59 Å². The number of fused-ring (bicyclic) bond motifs is 3. The van der Waals surface area contributed by atoms with E-state index in [9.17, 15) is 9.59 Å². The van der Waals surface area contributed by atoms with Crippen LogP contribution in [0.25, 0.3) is 0 Å². The zero-order chi connectivity index (χ0) is 19.1. The molecule has 0 bridgehead atoms. The Labute approximate surface area is 168 Å². The van der Waals surface area contributed by atoms with Gasteiger partial charge in [-0.3, -0.25) is 19.9 Å². The molecular weight excluding hydrogens is 410 g/mol. The Morgan fingerprint density at radius 3 is 2.63 bits per heavy atom. The molecule has 1 N–H and O–H groups in total. The molecule has 0 aliphatic carbocycles. The van der Waals surface area contributed by atoms with Crippen LogP contribution in [0, 0.1) is 0 Å². The number of amides is 3. The Kier molecular flexibility index (Phi) is 5.13. The van der Waals surface area contributed by atoms with Crippen molar-refractivity contribution in [3.05, 3.63) is 28.7 Å². The number of imide groups is 1. The average Bonchev–Trinajstić information content (AvgIpc) is 3.07. The van der Waals surface area contributed by atoms with Gasteiger partial charge in [0, 0.05) is 36.8 Å². The summed E-state index contributed by atoms with van der Waals surface area (Å²) in [7, 11) is 1.79. The Morgan fingerprint density at radius 1 is 1.19 bits per heavy atom. The van der Waals surface area contributed by atoms with E-state index in [1.165, 1.54) is 4.90 Å². The molecular formula is C19H26BrN5O2. The third-order valence-electron chi connectivity index (χ3n) is 5.76. The predicted molar refractivity (Wildman–Crippen MR) is 107 cm³/mol. The summed E-state index contributed by atoms with van der Waals surface area (Å²) in [6, 6.07) is 7.71. The fraction of sp³-hybridized carbons (Fsp3) is 0.579. The highest BCUT2D eigenvalue weighted by atomic mass is 79.9. The van der Waals surface area contributed by atoms with Crippen LogP contribution in [0.5, 0.6) is 0 Å². The van der Waals surface area contributed by atoms with Crippen LogP contribution in [0.2, 0.25) is 0 Å². The van der Waals surface area contributed by atoms with Gasteiger partial charge in [-0.25, -0.2) is 4.79 Å². The van der Waals surface area contributed by atoms with E-state index in [1.807, 2.05) is 12.1 Å². The summed E-state index contributed by atoms with van der Waals surface area (Å²) in [5.41, 5.74) is 1.11. The number of hydrogen-bond donors (Lipinski definition) is 1. The van der Waals surface area contributed by atoms with Gasteiger partial charge in [-0.05, 0) is 37.1 Å². The second kappa shape index (κ2) is 7.41. The highest BCUT2D eigenvalue weighted by Crippen LogP contribution is 2.33. The highest BCUT2D eigenvalue weighted by molar-refractivity contribution is 9.10. The first-order valence-electron chi connectivity index (χ1n) is 9.65. The SMILES string of the molecule is CCCCN1C(=O)C2C(NC3N(c4ccc(Br)cc4)CCCN23)N(C)C1=O. The van der Waals surface area contributed by atoms with E-state index < -0.39 is 0 Å². The van der Waals surface area contributed by atoms with Gasteiger partial charge in [0.2, 0.25) is 0 Å². The van der Waals surface area contributed by atoms with Crippen LogP contribution < -0.4 is 10.2 Å². The van der Waals surface area contributed by atoms with Gasteiger partial charge in [0.1, 0.15) is 18.5 Å². The summed E-state index contributed by atoms with van der Waals surface area (Å²) in [6.07, 6.45) is 2.41. The molecule has 3 amide bonds. The van der Waals surface area contributed by atoms with Crippen LogP contribution in [0.4, 0.5) is 10.5 Å². The van der Waals surface area contributed by atoms with Gasteiger partial charge in [-0.1, -0.05) is 29.3 Å². The molecule has 8 heteroatoms. The molecule has 0 aromatic heterocycles. The van der Waals surface area contributed by atoms with Gasteiger partial charge in [-0.15, -0.1) is 0 Å². The molecule has 0 radical (unpaired) electrons. The predicted octanol–water partition coefficient (Wildman–Crippen LogP) is 2.24. The normalized spacial score (nSPS) is 28.6. The van der Waals surface area contributed by atoms with Crippen molar-refractivity contribution in [2.24, 2.45) is 0 Å². The number of benzene rings is 1. The van der Waals surface area contributed by atoms with E-state index in [0.717, 1.165) is 42.5 Å². The molecule has 0 saturated carbocycles. The topological polar surface area (TPSA) is 59.1 Å². The van der Waals surface area contributed by atoms with Crippen molar-refractivity contribution in [2.45, 2.75) is 44.7 Å². The summed E-state index contributed by atoms with van der Waals surface area (Å²) in [4.78, 5) is 33.6. The molecule has 3 fully saturated rings. The van der Waals surface area contributed by atoms with E-state index in [4.69, 9.17) is 0 Å². The molecule has 3 heterocycles. The molecule has 3 aliphatic rings. The molecule has 3 saturated heterocycles.